The van der Waals surface area contributed by atoms with E-state index in [0.29, 0.717) is 12.0 Å². The van der Waals surface area contributed by atoms with E-state index in [0.717, 1.165) is 58.2 Å². The monoisotopic (exact) mass is 468 g/mol. The second kappa shape index (κ2) is 10.5. The first kappa shape index (κ1) is 22.8. The van der Waals surface area contributed by atoms with Crippen LogP contribution in [0.1, 0.15) is 47.9 Å². The lowest BCUT2D eigenvalue weighted by Gasteiger charge is -2.38. The summed E-state index contributed by atoms with van der Waals surface area (Å²) in [7, 11) is 0. The second-order valence-corrected chi connectivity index (χ2v) is 10.1. The van der Waals surface area contributed by atoms with Gasteiger partial charge in [-0.25, -0.2) is 0 Å². The Labute approximate surface area is 209 Å². The minimum absolute atomic E-state index is 0.416. The fourth-order valence-electron chi connectivity index (χ4n) is 6.10. The zero-order valence-corrected chi connectivity index (χ0v) is 20.6. The average molecular weight is 469 g/mol. The quantitative estimate of drug-likeness (QED) is 0.413. The summed E-state index contributed by atoms with van der Waals surface area (Å²) in [5.74, 6) is 1.44. The molecule has 2 saturated heterocycles. The first-order chi connectivity index (χ1) is 17.3. The Balaban J connectivity index is 1.18. The molecule has 35 heavy (non-hydrogen) atoms. The lowest BCUT2D eigenvalue weighted by Crippen LogP contribution is -2.37. The van der Waals surface area contributed by atoms with E-state index in [-0.39, 0.29) is 0 Å². The highest BCUT2D eigenvalue weighted by molar-refractivity contribution is 5.64. The zero-order valence-electron chi connectivity index (χ0n) is 20.6. The number of nitrogens with zero attached hydrogens (tertiary/aromatic N) is 2. The van der Waals surface area contributed by atoms with Crippen LogP contribution in [0.15, 0.2) is 72.8 Å². The van der Waals surface area contributed by atoms with Gasteiger partial charge in [0.25, 0.3) is 0 Å². The molecule has 0 N–H and O–H groups in total. The van der Waals surface area contributed by atoms with Crippen LogP contribution in [0.5, 0.6) is 5.75 Å². The van der Waals surface area contributed by atoms with Gasteiger partial charge in [0.15, 0.2) is 0 Å². The van der Waals surface area contributed by atoms with E-state index in [1.807, 2.05) is 0 Å². The highest BCUT2D eigenvalue weighted by Gasteiger charge is 2.36. The van der Waals surface area contributed by atoms with Crippen molar-refractivity contribution in [3.8, 4) is 16.9 Å². The standard InChI is InChI=1S/C31H36N2O2/c1-2-6-24(7-3-1)25-9-11-26(12-10-25)30-23-33-16-4-8-31(33)29-22-27(13-14-28(29)30)35-19-5-15-32-17-20-34-21-18-32/h1-3,6-7,9-14,22,30-31H,4-5,8,15-21,23H2. The van der Waals surface area contributed by atoms with Crippen molar-refractivity contribution in [2.75, 3.05) is 52.5 Å². The molecule has 3 aromatic carbocycles. The van der Waals surface area contributed by atoms with E-state index in [1.165, 1.54) is 47.2 Å². The predicted octanol–water partition coefficient (Wildman–Crippen LogP) is 5.74. The zero-order chi connectivity index (χ0) is 23.5. The Bertz CT molecular complexity index is 1110. The maximum absolute atomic E-state index is 6.24. The third kappa shape index (κ3) is 5.02. The van der Waals surface area contributed by atoms with E-state index in [1.54, 1.807) is 0 Å². The number of morpholine rings is 1. The van der Waals surface area contributed by atoms with Crippen LogP contribution < -0.4 is 4.74 Å². The normalized spacial score (nSPS) is 22.5. The fraction of sp³-hybridized carbons (Fsp3) is 0.419. The molecule has 2 atom stereocenters. The summed E-state index contributed by atoms with van der Waals surface area (Å²) in [5.41, 5.74) is 6.94. The van der Waals surface area contributed by atoms with Gasteiger partial charge in [0.05, 0.1) is 19.8 Å². The van der Waals surface area contributed by atoms with Gasteiger partial charge in [-0.2, -0.15) is 0 Å². The summed E-state index contributed by atoms with van der Waals surface area (Å²) in [6.45, 7) is 7.99. The van der Waals surface area contributed by atoms with Crippen molar-refractivity contribution in [1.29, 1.82) is 0 Å². The summed E-state index contributed by atoms with van der Waals surface area (Å²) in [4.78, 5) is 5.17. The van der Waals surface area contributed by atoms with Crippen LogP contribution in [0, 0.1) is 0 Å². The van der Waals surface area contributed by atoms with E-state index < -0.39 is 0 Å². The summed E-state index contributed by atoms with van der Waals surface area (Å²) in [6, 6.07) is 27.3. The van der Waals surface area contributed by atoms with Crippen LogP contribution in [-0.2, 0) is 4.74 Å². The van der Waals surface area contributed by atoms with E-state index in [9.17, 15) is 0 Å². The molecule has 2 fully saturated rings. The molecular weight excluding hydrogens is 432 g/mol. The van der Waals surface area contributed by atoms with Gasteiger partial charge >= 0.3 is 0 Å². The number of ether oxygens (including phenoxy) is 2. The Kier molecular flexibility index (Phi) is 6.85. The molecule has 0 saturated carbocycles. The smallest absolute Gasteiger partial charge is 0.119 e. The molecule has 182 valence electrons. The average Bonchev–Trinajstić information content (AvgIpc) is 3.41. The molecule has 6 rings (SSSR count). The molecule has 3 heterocycles. The molecular formula is C31H36N2O2. The van der Waals surface area contributed by atoms with Crippen molar-refractivity contribution in [3.05, 3.63) is 89.5 Å². The fourth-order valence-corrected chi connectivity index (χ4v) is 6.10. The first-order valence-electron chi connectivity index (χ1n) is 13.3. The highest BCUT2D eigenvalue weighted by atomic mass is 16.5. The minimum Gasteiger partial charge on any atom is -0.494 e. The molecule has 3 aliphatic rings. The Morgan fingerprint density at radius 2 is 1.63 bits per heavy atom. The largest absolute Gasteiger partial charge is 0.494 e. The minimum atomic E-state index is 0.416. The van der Waals surface area contributed by atoms with Crippen molar-refractivity contribution in [2.24, 2.45) is 0 Å². The molecule has 0 amide bonds. The third-order valence-electron chi connectivity index (χ3n) is 7.98. The maximum Gasteiger partial charge on any atom is 0.119 e. The van der Waals surface area contributed by atoms with Crippen LogP contribution in [0.25, 0.3) is 11.1 Å². The first-order valence-corrected chi connectivity index (χ1v) is 13.3. The molecule has 2 unspecified atom stereocenters. The third-order valence-corrected chi connectivity index (χ3v) is 7.98. The lowest BCUT2D eigenvalue weighted by atomic mass is 9.81. The van der Waals surface area contributed by atoms with Gasteiger partial charge in [-0.15, -0.1) is 0 Å². The second-order valence-electron chi connectivity index (χ2n) is 10.1. The van der Waals surface area contributed by atoms with Crippen LogP contribution in [0.2, 0.25) is 0 Å². The van der Waals surface area contributed by atoms with Crippen LogP contribution in [-0.4, -0.2) is 62.3 Å². The Morgan fingerprint density at radius 1 is 0.829 bits per heavy atom. The van der Waals surface area contributed by atoms with Crippen molar-refractivity contribution in [3.63, 3.8) is 0 Å². The summed E-state index contributed by atoms with van der Waals surface area (Å²) in [6.07, 6.45) is 3.60. The molecule has 3 aliphatic heterocycles. The highest BCUT2D eigenvalue weighted by Crippen LogP contribution is 2.45. The number of rotatable bonds is 7. The van der Waals surface area contributed by atoms with Crippen molar-refractivity contribution >= 4 is 0 Å². The molecule has 3 aromatic rings. The molecule has 0 aromatic heterocycles. The lowest BCUT2D eigenvalue weighted by molar-refractivity contribution is 0.0358. The molecule has 4 nitrogen and oxygen atoms in total. The molecule has 0 aliphatic carbocycles. The van der Waals surface area contributed by atoms with Gasteiger partial charge in [-0.3, -0.25) is 9.80 Å². The predicted molar refractivity (Wildman–Crippen MR) is 141 cm³/mol. The van der Waals surface area contributed by atoms with E-state index in [4.69, 9.17) is 9.47 Å². The SMILES string of the molecule is c1ccc(-c2ccc(C3CN4CCCC4c4cc(OCCCN5CCOCC5)ccc43)cc2)cc1. The Morgan fingerprint density at radius 3 is 2.46 bits per heavy atom. The van der Waals surface area contributed by atoms with Gasteiger partial charge < -0.3 is 9.47 Å². The number of hydrogen-bond donors (Lipinski definition) is 0. The van der Waals surface area contributed by atoms with Crippen LogP contribution in [0.3, 0.4) is 0 Å². The maximum atomic E-state index is 6.24. The Hall–Kier alpha value is -2.66. The van der Waals surface area contributed by atoms with Gasteiger partial charge in [-0.1, -0.05) is 60.7 Å². The number of fused-ring (bicyclic) bond motifs is 3. The summed E-state index contributed by atoms with van der Waals surface area (Å²) < 4.78 is 11.7. The summed E-state index contributed by atoms with van der Waals surface area (Å²) in [5, 5.41) is 0. The van der Waals surface area contributed by atoms with Crippen molar-refractivity contribution in [2.45, 2.75) is 31.2 Å². The topological polar surface area (TPSA) is 24.9 Å². The molecule has 4 heteroatoms. The van der Waals surface area contributed by atoms with Gasteiger partial charge in [0.1, 0.15) is 5.75 Å². The molecule has 0 bridgehead atoms. The van der Waals surface area contributed by atoms with Crippen molar-refractivity contribution < 1.29 is 9.47 Å². The van der Waals surface area contributed by atoms with Crippen molar-refractivity contribution in [1.82, 2.24) is 9.80 Å². The van der Waals surface area contributed by atoms with E-state index >= 15 is 0 Å². The number of benzene rings is 3. The van der Waals surface area contributed by atoms with Gasteiger partial charge in [0.2, 0.25) is 0 Å². The van der Waals surface area contributed by atoms with Gasteiger partial charge in [-0.05, 0) is 65.8 Å². The summed E-state index contributed by atoms with van der Waals surface area (Å²) >= 11 is 0. The number of hydrogen-bond acceptors (Lipinski definition) is 4. The van der Waals surface area contributed by atoms with Crippen LogP contribution >= 0.6 is 0 Å². The molecule has 0 spiro atoms. The van der Waals surface area contributed by atoms with Gasteiger partial charge in [0, 0.05) is 38.1 Å². The van der Waals surface area contributed by atoms with Crippen LogP contribution in [0.4, 0.5) is 0 Å². The molecule has 0 radical (unpaired) electrons. The van der Waals surface area contributed by atoms with E-state index in [2.05, 4.69) is 82.6 Å².